The topological polar surface area (TPSA) is 81.0 Å². The number of imidazole rings is 1. The van der Waals surface area contributed by atoms with Crippen LogP contribution in [-0.2, 0) is 9.53 Å². The van der Waals surface area contributed by atoms with Gasteiger partial charge in [0, 0.05) is 6.04 Å². The van der Waals surface area contributed by atoms with Crippen molar-refractivity contribution in [3.05, 3.63) is 30.1 Å². The Morgan fingerprint density at radius 1 is 1.56 bits per heavy atom. The van der Waals surface area contributed by atoms with Gasteiger partial charge in [0.25, 0.3) is 0 Å². The Balaban J connectivity index is 1.96. The molecule has 0 bridgehead atoms. The van der Waals surface area contributed by atoms with Crippen LogP contribution in [0.2, 0.25) is 0 Å². The highest BCUT2D eigenvalue weighted by molar-refractivity contribution is 5.82. The number of fused-ring (bicyclic) bond motifs is 1. The van der Waals surface area contributed by atoms with Gasteiger partial charge in [0.05, 0.1) is 29.9 Å². The standard InChI is InChI=1S/C13H15N3O2/c1-18-12(17)13(4-5-13)11(14)8-2-3-9-10(6-8)16-7-15-9/h2-3,6-7,11H,4-5,14H2,1H3,(H,15,16). The van der Waals surface area contributed by atoms with Gasteiger partial charge < -0.3 is 15.5 Å². The highest BCUT2D eigenvalue weighted by Gasteiger charge is 2.56. The number of carbonyl (C=O) groups excluding carboxylic acids is 1. The molecule has 94 valence electrons. The molecule has 1 aromatic heterocycles. The zero-order valence-corrected chi connectivity index (χ0v) is 10.1. The average molecular weight is 245 g/mol. The molecule has 18 heavy (non-hydrogen) atoms. The molecule has 1 unspecified atom stereocenters. The van der Waals surface area contributed by atoms with Crippen LogP contribution in [0, 0.1) is 5.41 Å². The van der Waals surface area contributed by atoms with Crippen molar-refractivity contribution in [3.8, 4) is 0 Å². The number of hydrogen-bond donors (Lipinski definition) is 2. The monoisotopic (exact) mass is 245 g/mol. The summed E-state index contributed by atoms with van der Waals surface area (Å²) in [4.78, 5) is 19.0. The van der Waals surface area contributed by atoms with Crippen LogP contribution >= 0.6 is 0 Å². The van der Waals surface area contributed by atoms with E-state index < -0.39 is 5.41 Å². The third-order valence-corrected chi connectivity index (χ3v) is 3.78. The van der Waals surface area contributed by atoms with Crippen molar-refractivity contribution in [3.63, 3.8) is 0 Å². The Morgan fingerprint density at radius 3 is 3.00 bits per heavy atom. The average Bonchev–Trinajstić information content (AvgIpc) is 3.08. The predicted octanol–water partition coefficient (Wildman–Crippen LogP) is 1.52. The van der Waals surface area contributed by atoms with Crippen LogP contribution in [0.5, 0.6) is 0 Å². The van der Waals surface area contributed by atoms with Gasteiger partial charge in [-0.05, 0) is 30.5 Å². The van der Waals surface area contributed by atoms with Gasteiger partial charge in [0.15, 0.2) is 0 Å². The smallest absolute Gasteiger partial charge is 0.313 e. The normalized spacial score (nSPS) is 18.6. The Labute approximate surface area is 104 Å². The molecule has 0 amide bonds. The molecule has 3 N–H and O–H groups in total. The van der Waals surface area contributed by atoms with E-state index in [1.54, 1.807) is 6.33 Å². The molecule has 1 saturated carbocycles. The SMILES string of the molecule is COC(=O)C1(C(N)c2ccc3nc[nH]c3c2)CC1. The number of aromatic nitrogens is 2. The number of nitrogens with zero attached hydrogens (tertiary/aromatic N) is 1. The maximum absolute atomic E-state index is 11.8. The molecule has 3 rings (SSSR count). The van der Waals surface area contributed by atoms with Crippen LogP contribution in [0.1, 0.15) is 24.4 Å². The van der Waals surface area contributed by atoms with Crippen LogP contribution in [-0.4, -0.2) is 23.0 Å². The molecule has 1 aromatic carbocycles. The number of methoxy groups -OCH3 is 1. The first-order valence-electron chi connectivity index (χ1n) is 5.94. The van der Waals surface area contributed by atoms with Gasteiger partial charge >= 0.3 is 5.97 Å². The second-order valence-corrected chi connectivity index (χ2v) is 4.80. The molecular weight excluding hydrogens is 230 g/mol. The lowest BCUT2D eigenvalue weighted by Crippen LogP contribution is -2.31. The number of carbonyl (C=O) groups is 1. The molecule has 1 heterocycles. The van der Waals surface area contributed by atoms with Gasteiger partial charge in [0.1, 0.15) is 0 Å². The van der Waals surface area contributed by atoms with Crippen molar-refractivity contribution in [1.82, 2.24) is 9.97 Å². The van der Waals surface area contributed by atoms with Crippen molar-refractivity contribution in [2.45, 2.75) is 18.9 Å². The molecule has 2 aromatic rings. The van der Waals surface area contributed by atoms with Crippen LogP contribution in [0.4, 0.5) is 0 Å². The van der Waals surface area contributed by atoms with E-state index in [0.717, 1.165) is 29.4 Å². The first-order valence-corrected chi connectivity index (χ1v) is 5.94. The number of ether oxygens (including phenoxy) is 1. The van der Waals surface area contributed by atoms with Crippen molar-refractivity contribution < 1.29 is 9.53 Å². The summed E-state index contributed by atoms with van der Waals surface area (Å²) < 4.78 is 4.85. The van der Waals surface area contributed by atoms with Gasteiger partial charge in [0.2, 0.25) is 0 Å². The number of hydrogen-bond acceptors (Lipinski definition) is 4. The van der Waals surface area contributed by atoms with Gasteiger partial charge in [-0.1, -0.05) is 6.07 Å². The van der Waals surface area contributed by atoms with E-state index in [4.69, 9.17) is 10.5 Å². The fourth-order valence-electron chi connectivity index (χ4n) is 2.45. The van der Waals surface area contributed by atoms with Crippen molar-refractivity contribution >= 4 is 17.0 Å². The molecule has 1 atom stereocenters. The third kappa shape index (κ3) is 1.51. The molecule has 0 radical (unpaired) electrons. The molecule has 0 saturated heterocycles. The second kappa shape index (κ2) is 3.81. The van der Waals surface area contributed by atoms with Crippen LogP contribution < -0.4 is 5.73 Å². The van der Waals surface area contributed by atoms with Crippen molar-refractivity contribution in [1.29, 1.82) is 0 Å². The minimum atomic E-state index is -0.525. The Hall–Kier alpha value is -1.88. The van der Waals surface area contributed by atoms with Crippen molar-refractivity contribution in [2.75, 3.05) is 7.11 Å². The molecule has 0 spiro atoms. The van der Waals surface area contributed by atoms with E-state index in [0.29, 0.717) is 0 Å². The fourth-order valence-corrected chi connectivity index (χ4v) is 2.45. The summed E-state index contributed by atoms with van der Waals surface area (Å²) in [6.07, 6.45) is 3.23. The highest BCUT2D eigenvalue weighted by Crippen LogP contribution is 2.54. The number of rotatable bonds is 3. The second-order valence-electron chi connectivity index (χ2n) is 4.80. The summed E-state index contributed by atoms with van der Waals surface area (Å²) in [5.41, 5.74) is 8.48. The number of benzene rings is 1. The zero-order chi connectivity index (χ0) is 12.8. The Morgan fingerprint density at radius 2 is 2.33 bits per heavy atom. The van der Waals surface area contributed by atoms with E-state index in [1.165, 1.54) is 7.11 Å². The highest BCUT2D eigenvalue weighted by atomic mass is 16.5. The lowest BCUT2D eigenvalue weighted by Gasteiger charge is -2.21. The molecule has 1 aliphatic rings. The first kappa shape index (κ1) is 11.2. The maximum atomic E-state index is 11.8. The molecule has 1 aliphatic carbocycles. The number of nitrogens with two attached hydrogens (primary N) is 1. The quantitative estimate of drug-likeness (QED) is 0.803. The molecule has 1 fully saturated rings. The molecule has 5 heteroatoms. The van der Waals surface area contributed by atoms with E-state index in [9.17, 15) is 4.79 Å². The zero-order valence-electron chi connectivity index (χ0n) is 10.1. The molecule has 0 aliphatic heterocycles. The van der Waals surface area contributed by atoms with E-state index in [2.05, 4.69) is 9.97 Å². The van der Waals surface area contributed by atoms with Crippen molar-refractivity contribution in [2.24, 2.45) is 11.1 Å². The summed E-state index contributed by atoms with van der Waals surface area (Å²) in [5, 5.41) is 0. The van der Waals surface area contributed by atoms with Crippen LogP contribution in [0.3, 0.4) is 0 Å². The molecular formula is C13H15N3O2. The van der Waals surface area contributed by atoms with E-state index >= 15 is 0 Å². The number of nitrogens with one attached hydrogen (secondary N) is 1. The van der Waals surface area contributed by atoms with Crippen LogP contribution in [0.25, 0.3) is 11.0 Å². The van der Waals surface area contributed by atoms with Gasteiger partial charge in [-0.2, -0.15) is 0 Å². The summed E-state index contributed by atoms with van der Waals surface area (Å²) >= 11 is 0. The van der Waals surface area contributed by atoms with Gasteiger partial charge in [-0.15, -0.1) is 0 Å². The van der Waals surface area contributed by atoms with Gasteiger partial charge in [-0.25, -0.2) is 4.98 Å². The van der Waals surface area contributed by atoms with Crippen LogP contribution in [0.15, 0.2) is 24.5 Å². The van der Waals surface area contributed by atoms with Gasteiger partial charge in [-0.3, -0.25) is 4.79 Å². The number of H-pyrrole nitrogens is 1. The number of esters is 1. The minimum Gasteiger partial charge on any atom is -0.469 e. The maximum Gasteiger partial charge on any atom is 0.313 e. The van der Waals surface area contributed by atoms with E-state index in [1.807, 2.05) is 18.2 Å². The Kier molecular flexibility index (Phi) is 2.38. The lowest BCUT2D eigenvalue weighted by molar-refractivity contribution is -0.148. The summed E-state index contributed by atoms with van der Waals surface area (Å²) in [6, 6.07) is 5.47. The summed E-state index contributed by atoms with van der Waals surface area (Å²) in [5.74, 6) is -0.209. The first-order chi connectivity index (χ1) is 8.67. The lowest BCUT2D eigenvalue weighted by atomic mass is 9.90. The van der Waals surface area contributed by atoms with E-state index in [-0.39, 0.29) is 12.0 Å². The minimum absolute atomic E-state index is 0.209. The Bertz CT molecular complexity index is 601. The third-order valence-electron chi connectivity index (χ3n) is 3.78. The largest absolute Gasteiger partial charge is 0.469 e. The number of aromatic amines is 1. The molecule has 5 nitrogen and oxygen atoms in total. The summed E-state index contributed by atoms with van der Waals surface area (Å²) in [6.45, 7) is 0. The fraction of sp³-hybridized carbons (Fsp3) is 0.385. The predicted molar refractivity (Wildman–Crippen MR) is 66.7 cm³/mol. The summed E-state index contributed by atoms with van der Waals surface area (Å²) in [7, 11) is 1.41.